The van der Waals surface area contributed by atoms with E-state index in [0.29, 0.717) is 5.39 Å². The van der Waals surface area contributed by atoms with E-state index in [-0.39, 0.29) is 11.6 Å². The van der Waals surface area contributed by atoms with Crippen molar-refractivity contribution in [1.29, 1.82) is 0 Å². The number of hydrogen-bond acceptors (Lipinski definition) is 4. The highest BCUT2D eigenvalue weighted by atomic mass is 32.2. The van der Waals surface area contributed by atoms with Crippen molar-refractivity contribution in [3.63, 3.8) is 0 Å². The van der Waals surface area contributed by atoms with Crippen LogP contribution in [0, 0.1) is 0 Å². The molecule has 3 N–H and O–H groups in total. The molecule has 27 heavy (non-hydrogen) atoms. The smallest absolute Gasteiger partial charge is 0.271 e. The van der Waals surface area contributed by atoms with Gasteiger partial charge in [-0.25, -0.2) is 4.98 Å². The van der Waals surface area contributed by atoms with E-state index in [1.54, 1.807) is 18.1 Å². The van der Waals surface area contributed by atoms with Crippen LogP contribution in [-0.4, -0.2) is 25.5 Å². The van der Waals surface area contributed by atoms with Crippen LogP contribution < -0.4 is 10.9 Å². The Morgan fingerprint density at radius 2 is 2.04 bits per heavy atom. The van der Waals surface area contributed by atoms with E-state index in [0.717, 1.165) is 28.4 Å². The second kappa shape index (κ2) is 7.75. The second-order valence-corrected chi connectivity index (χ2v) is 7.62. The fourth-order valence-electron chi connectivity index (χ4n) is 3.07. The second-order valence-electron chi connectivity index (χ2n) is 6.46. The molecule has 0 saturated carbocycles. The van der Waals surface area contributed by atoms with Crippen molar-refractivity contribution in [1.82, 2.24) is 19.7 Å². The number of aromatic nitrogens is 4. The molecule has 0 fully saturated rings. The predicted molar refractivity (Wildman–Crippen MR) is 110 cm³/mol. The minimum atomic E-state index is -0.0785. The Labute approximate surface area is 161 Å². The number of anilines is 1. The molecular weight excluding hydrogens is 358 g/mol. The number of rotatable bonds is 7. The molecule has 0 radical (unpaired) electrons. The van der Waals surface area contributed by atoms with E-state index in [1.807, 2.05) is 42.1 Å². The van der Waals surface area contributed by atoms with E-state index in [4.69, 9.17) is 0 Å². The van der Waals surface area contributed by atoms with Gasteiger partial charge < -0.3 is 9.88 Å². The van der Waals surface area contributed by atoms with Crippen LogP contribution >= 0.6 is 11.8 Å². The Balaban J connectivity index is 1.45. The summed E-state index contributed by atoms with van der Waals surface area (Å²) in [4.78, 5) is 17.1. The van der Waals surface area contributed by atoms with Crippen molar-refractivity contribution in [3.8, 4) is 0 Å². The van der Waals surface area contributed by atoms with Crippen LogP contribution in [0.3, 0.4) is 0 Å². The van der Waals surface area contributed by atoms with Gasteiger partial charge in [-0.3, -0.25) is 15.0 Å². The fourth-order valence-corrected chi connectivity index (χ4v) is 4.03. The number of hydrogen-bond donors (Lipinski definition) is 3. The van der Waals surface area contributed by atoms with Gasteiger partial charge in [-0.2, -0.15) is 0 Å². The summed E-state index contributed by atoms with van der Waals surface area (Å²) in [6.07, 6.45) is 4.73. The average Bonchev–Trinajstić information content (AvgIpc) is 3.27. The maximum absolute atomic E-state index is 11.6. The summed E-state index contributed by atoms with van der Waals surface area (Å²) in [6.45, 7) is 0. The van der Waals surface area contributed by atoms with Crippen molar-refractivity contribution in [3.05, 3.63) is 77.0 Å². The molecule has 138 valence electrons. The number of aromatic amines is 2. The molecule has 0 aliphatic rings. The van der Waals surface area contributed by atoms with Gasteiger partial charge in [-0.15, -0.1) is 11.8 Å². The zero-order chi connectivity index (χ0) is 18.6. The number of thioether (sulfide) groups is 1. The van der Waals surface area contributed by atoms with Crippen LogP contribution in [0.25, 0.3) is 10.9 Å². The van der Waals surface area contributed by atoms with Crippen LogP contribution in [0.1, 0.15) is 18.0 Å². The summed E-state index contributed by atoms with van der Waals surface area (Å²) in [7, 11) is 1.97. The molecule has 1 atom stereocenters. The first-order valence-electron chi connectivity index (χ1n) is 8.82. The summed E-state index contributed by atoms with van der Waals surface area (Å²) in [6, 6.07) is 16.5. The van der Waals surface area contributed by atoms with Crippen molar-refractivity contribution in [2.75, 3.05) is 11.1 Å². The lowest BCUT2D eigenvalue weighted by molar-refractivity contribution is 0.752. The van der Waals surface area contributed by atoms with Gasteiger partial charge in [0, 0.05) is 23.9 Å². The summed E-state index contributed by atoms with van der Waals surface area (Å²) in [5.41, 5.74) is 2.01. The van der Waals surface area contributed by atoms with E-state index < -0.39 is 0 Å². The number of nitrogens with zero attached hydrogens (tertiary/aromatic N) is 2. The van der Waals surface area contributed by atoms with Crippen molar-refractivity contribution in [2.45, 2.75) is 17.4 Å². The minimum absolute atomic E-state index is 0.0785. The molecule has 4 rings (SSSR count). The van der Waals surface area contributed by atoms with Crippen LogP contribution in [0.5, 0.6) is 0 Å². The van der Waals surface area contributed by atoms with Crippen molar-refractivity contribution in [2.24, 2.45) is 7.05 Å². The molecule has 0 bridgehead atoms. The first-order chi connectivity index (χ1) is 13.2. The standard InChI is InChI=1S/C20H21N5OS/c1-25-12-19(21-13-25)22-17(14-5-3-2-4-6-14)9-10-27-15-7-8-16-18(11-15)23-24-20(16)26/h2-8,11-13,17,22H,9-10H2,1H3,(H2,23,24,26). The molecule has 2 aromatic heterocycles. The van der Waals surface area contributed by atoms with Crippen LogP contribution in [-0.2, 0) is 7.05 Å². The maximum Gasteiger partial charge on any atom is 0.271 e. The van der Waals surface area contributed by atoms with Gasteiger partial charge in [-0.1, -0.05) is 30.3 Å². The Hall–Kier alpha value is -2.93. The molecule has 7 heteroatoms. The van der Waals surface area contributed by atoms with Gasteiger partial charge >= 0.3 is 0 Å². The lowest BCUT2D eigenvalue weighted by atomic mass is 10.0. The maximum atomic E-state index is 11.6. The third kappa shape index (κ3) is 4.09. The molecule has 2 heterocycles. The predicted octanol–water partition coefficient (Wildman–Crippen LogP) is 3.93. The largest absolute Gasteiger partial charge is 0.362 e. The highest BCUT2D eigenvalue weighted by Crippen LogP contribution is 2.27. The van der Waals surface area contributed by atoms with Gasteiger partial charge in [-0.05, 0) is 30.2 Å². The summed E-state index contributed by atoms with van der Waals surface area (Å²) in [5, 5.41) is 9.77. The number of nitrogens with one attached hydrogen (secondary N) is 3. The molecule has 6 nitrogen and oxygen atoms in total. The third-order valence-corrected chi connectivity index (χ3v) is 5.48. The topological polar surface area (TPSA) is 78.5 Å². The number of fused-ring (bicyclic) bond motifs is 1. The van der Waals surface area contributed by atoms with E-state index in [1.165, 1.54) is 5.56 Å². The number of H-pyrrole nitrogens is 2. The van der Waals surface area contributed by atoms with Gasteiger partial charge in [0.1, 0.15) is 5.82 Å². The normalized spacial score (nSPS) is 12.3. The quantitative estimate of drug-likeness (QED) is 0.425. The molecule has 4 aromatic rings. The molecule has 0 spiro atoms. The van der Waals surface area contributed by atoms with Crippen LogP contribution in [0.4, 0.5) is 5.82 Å². The van der Waals surface area contributed by atoms with Crippen molar-refractivity contribution >= 4 is 28.5 Å². The van der Waals surface area contributed by atoms with Crippen molar-refractivity contribution < 1.29 is 0 Å². The first-order valence-corrected chi connectivity index (χ1v) is 9.80. The molecule has 0 amide bonds. The molecular formula is C20H21N5OS. The summed E-state index contributed by atoms with van der Waals surface area (Å²) >= 11 is 1.78. The molecule has 0 aliphatic heterocycles. The third-order valence-electron chi connectivity index (χ3n) is 4.45. The van der Waals surface area contributed by atoms with Gasteiger partial charge in [0.25, 0.3) is 5.56 Å². The SMILES string of the molecule is Cn1cnc(NC(CCSc2ccc3c(=O)[nH][nH]c3c2)c2ccccc2)c1. The number of imidazole rings is 1. The lowest BCUT2D eigenvalue weighted by Crippen LogP contribution is -2.12. The van der Waals surface area contributed by atoms with E-state index in [2.05, 4.69) is 44.8 Å². The average molecular weight is 379 g/mol. The zero-order valence-corrected chi connectivity index (χ0v) is 15.8. The number of aryl methyl sites for hydroxylation is 1. The van der Waals surface area contributed by atoms with Crippen LogP contribution in [0.2, 0.25) is 0 Å². The molecule has 0 aliphatic carbocycles. The van der Waals surface area contributed by atoms with E-state index >= 15 is 0 Å². The Kier molecular flexibility index (Phi) is 5.02. The first kappa shape index (κ1) is 17.5. The zero-order valence-electron chi connectivity index (χ0n) is 15.0. The summed E-state index contributed by atoms with van der Waals surface area (Å²) in [5.74, 6) is 1.82. The van der Waals surface area contributed by atoms with Gasteiger partial charge in [0.15, 0.2) is 0 Å². The molecule has 1 unspecified atom stereocenters. The van der Waals surface area contributed by atoms with Gasteiger partial charge in [0.05, 0.1) is 23.3 Å². The monoisotopic (exact) mass is 379 g/mol. The highest BCUT2D eigenvalue weighted by molar-refractivity contribution is 7.99. The highest BCUT2D eigenvalue weighted by Gasteiger charge is 2.13. The minimum Gasteiger partial charge on any atom is -0.362 e. The fraction of sp³-hybridized carbons (Fsp3) is 0.200. The lowest BCUT2D eigenvalue weighted by Gasteiger charge is -2.19. The Morgan fingerprint density at radius 3 is 2.81 bits per heavy atom. The Bertz CT molecular complexity index is 1080. The molecule has 2 aromatic carbocycles. The number of benzene rings is 2. The summed E-state index contributed by atoms with van der Waals surface area (Å²) < 4.78 is 1.94. The Morgan fingerprint density at radius 1 is 1.19 bits per heavy atom. The van der Waals surface area contributed by atoms with Gasteiger partial charge in [0.2, 0.25) is 0 Å². The molecule has 0 saturated heterocycles. The van der Waals surface area contributed by atoms with E-state index in [9.17, 15) is 4.79 Å². The van der Waals surface area contributed by atoms with Crippen LogP contribution in [0.15, 0.2) is 70.7 Å².